The molecule has 0 aromatic rings. The third-order valence-corrected chi connectivity index (χ3v) is 6.65. The van der Waals surface area contributed by atoms with Crippen LogP contribution < -0.4 is 0 Å². The molecule has 2 atom stereocenters. The van der Waals surface area contributed by atoms with Gasteiger partial charge in [0.25, 0.3) is 0 Å². The largest absolute Gasteiger partial charge is 0.479 e. The Balaban J connectivity index is 1.93. The lowest BCUT2D eigenvalue weighted by molar-refractivity contribution is -0.143. The Labute approximate surface area is 181 Å². The zero-order chi connectivity index (χ0) is 21.2. The normalized spacial score (nSPS) is 20.8. The van der Waals surface area contributed by atoms with Crippen LogP contribution in [-0.4, -0.2) is 22.8 Å². The Bertz CT molecular complexity index is 395. The highest BCUT2D eigenvalue weighted by Crippen LogP contribution is 2.44. The molecule has 29 heavy (non-hydrogen) atoms. The molecule has 0 aliphatic carbocycles. The molecule has 0 amide bonds. The second kappa shape index (κ2) is 17.1. The number of carboxylic acids is 1. The topological polar surface area (TPSA) is 49.8 Å². The van der Waals surface area contributed by atoms with Crippen molar-refractivity contribution in [2.45, 2.75) is 160 Å². The van der Waals surface area contributed by atoms with Crippen LogP contribution in [0.2, 0.25) is 0 Å². The molecule has 1 N–H and O–H groups in total. The molecule has 0 spiro atoms. The van der Waals surface area contributed by atoms with Gasteiger partial charge in [-0.2, -0.15) is 0 Å². The molecule has 0 aromatic carbocycles. The van der Waals surface area contributed by atoms with Gasteiger partial charge in [-0.3, -0.25) is 0 Å². The number of hydrogen-bond acceptors (Lipinski definition) is 2. The number of unbranched alkanes of at least 4 members (excludes halogenated alkanes) is 17. The van der Waals surface area contributed by atoms with Crippen molar-refractivity contribution in [1.82, 2.24) is 0 Å². The summed E-state index contributed by atoms with van der Waals surface area (Å²) in [6, 6.07) is 0. The van der Waals surface area contributed by atoms with Crippen LogP contribution in [0.1, 0.15) is 149 Å². The Kier molecular flexibility index (Phi) is 15.6. The molecule has 1 saturated heterocycles. The summed E-state index contributed by atoms with van der Waals surface area (Å²) in [5.41, 5.74) is -0.831. The first-order valence-electron chi connectivity index (χ1n) is 13.1. The minimum absolute atomic E-state index is 0.0247. The molecule has 0 radical (unpaired) electrons. The van der Waals surface area contributed by atoms with E-state index in [9.17, 15) is 9.90 Å². The van der Waals surface area contributed by atoms with Crippen LogP contribution in [0, 0.1) is 0 Å². The maximum atomic E-state index is 11.7. The molecule has 1 rings (SSSR count). The van der Waals surface area contributed by atoms with Crippen molar-refractivity contribution < 1.29 is 14.6 Å². The summed E-state index contributed by atoms with van der Waals surface area (Å²) in [6.07, 6.45) is 26.4. The Morgan fingerprint density at radius 3 is 1.45 bits per heavy atom. The molecule has 172 valence electrons. The maximum Gasteiger partial charge on any atom is 0.338 e. The standard InChI is InChI=1S/C26H50O3/c1-3-5-7-9-11-12-13-14-15-16-17-18-20-22-24-26(29-24,25(27)28)23-21-19-10-8-6-4-2/h24H,3-23H2,1-2H3,(H,27,28). The molecule has 3 nitrogen and oxygen atoms in total. The van der Waals surface area contributed by atoms with Crippen LogP contribution in [0.3, 0.4) is 0 Å². The fourth-order valence-corrected chi connectivity index (χ4v) is 4.54. The maximum absolute atomic E-state index is 11.7. The molecule has 2 unspecified atom stereocenters. The number of ether oxygens (including phenoxy) is 1. The first-order chi connectivity index (χ1) is 14.2. The average molecular weight is 411 g/mol. The van der Waals surface area contributed by atoms with Gasteiger partial charge in [0.05, 0.1) is 6.10 Å². The third-order valence-electron chi connectivity index (χ3n) is 6.65. The van der Waals surface area contributed by atoms with Crippen molar-refractivity contribution in [3.05, 3.63) is 0 Å². The summed E-state index contributed by atoms with van der Waals surface area (Å²) in [7, 11) is 0. The first kappa shape index (κ1) is 26.5. The van der Waals surface area contributed by atoms with Crippen molar-refractivity contribution in [2.24, 2.45) is 0 Å². The smallest absolute Gasteiger partial charge is 0.338 e. The van der Waals surface area contributed by atoms with E-state index < -0.39 is 11.6 Å². The van der Waals surface area contributed by atoms with Crippen molar-refractivity contribution >= 4 is 5.97 Å². The summed E-state index contributed by atoms with van der Waals surface area (Å²) < 4.78 is 5.70. The van der Waals surface area contributed by atoms with E-state index in [2.05, 4.69) is 13.8 Å². The van der Waals surface area contributed by atoms with Crippen molar-refractivity contribution in [1.29, 1.82) is 0 Å². The van der Waals surface area contributed by atoms with Crippen LogP contribution in [-0.2, 0) is 9.53 Å². The number of aliphatic carboxylic acids is 1. The van der Waals surface area contributed by atoms with E-state index in [1.807, 2.05) is 0 Å². The number of epoxide rings is 1. The van der Waals surface area contributed by atoms with Gasteiger partial charge in [-0.25, -0.2) is 4.79 Å². The second-order valence-electron chi connectivity index (χ2n) is 9.35. The van der Waals surface area contributed by atoms with E-state index in [0.717, 1.165) is 25.7 Å². The Morgan fingerprint density at radius 2 is 1.03 bits per heavy atom. The van der Waals surface area contributed by atoms with E-state index in [1.54, 1.807) is 0 Å². The SMILES string of the molecule is CCCCCCCCCCCCCCCC1OC1(CCCCCCCC)C(=O)O. The van der Waals surface area contributed by atoms with Gasteiger partial charge in [-0.15, -0.1) is 0 Å². The zero-order valence-corrected chi connectivity index (χ0v) is 19.7. The average Bonchev–Trinajstić information content (AvgIpc) is 3.42. The fraction of sp³-hybridized carbons (Fsp3) is 0.962. The van der Waals surface area contributed by atoms with Gasteiger partial charge < -0.3 is 9.84 Å². The number of hydrogen-bond donors (Lipinski definition) is 1. The highest BCUT2D eigenvalue weighted by molar-refractivity contribution is 5.81. The van der Waals surface area contributed by atoms with Gasteiger partial charge in [0.2, 0.25) is 0 Å². The number of carboxylic acid groups (broad SMARTS) is 1. The summed E-state index contributed by atoms with van der Waals surface area (Å²) in [6.45, 7) is 4.50. The van der Waals surface area contributed by atoms with Crippen molar-refractivity contribution in [3.8, 4) is 0 Å². The highest BCUT2D eigenvalue weighted by Gasteiger charge is 2.61. The highest BCUT2D eigenvalue weighted by atomic mass is 16.6. The first-order valence-corrected chi connectivity index (χ1v) is 13.1. The quantitative estimate of drug-likeness (QED) is 0.144. The lowest BCUT2D eigenvalue weighted by Gasteiger charge is -2.08. The van der Waals surface area contributed by atoms with Gasteiger partial charge in [0, 0.05) is 0 Å². The number of rotatable bonds is 22. The van der Waals surface area contributed by atoms with Crippen LogP contribution in [0.25, 0.3) is 0 Å². The predicted octanol–water partition coefficient (Wildman–Crippen LogP) is 8.44. The molecule has 1 aliphatic rings. The summed E-state index contributed by atoms with van der Waals surface area (Å²) in [5, 5.41) is 9.59. The zero-order valence-electron chi connectivity index (χ0n) is 19.7. The van der Waals surface area contributed by atoms with E-state index in [4.69, 9.17) is 4.74 Å². The van der Waals surface area contributed by atoms with Crippen LogP contribution >= 0.6 is 0 Å². The molecule has 3 heteroatoms. The summed E-state index contributed by atoms with van der Waals surface area (Å²) in [5.74, 6) is -0.731. The summed E-state index contributed by atoms with van der Waals surface area (Å²) in [4.78, 5) is 11.7. The third kappa shape index (κ3) is 12.0. The predicted molar refractivity (Wildman–Crippen MR) is 124 cm³/mol. The molecule has 1 aliphatic heterocycles. The van der Waals surface area contributed by atoms with Crippen molar-refractivity contribution in [2.75, 3.05) is 0 Å². The van der Waals surface area contributed by atoms with Crippen LogP contribution in [0.5, 0.6) is 0 Å². The molecule has 0 aromatic heterocycles. The van der Waals surface area contributed by atoms with Crippen LogP contribution in [0.15, 0.2) is 0 Å². The van der Waals surface area contributed by atoms with E-state index in [0.29, 0.717) is 6.42 Å². The minimum atomic E-state index is -0.831. The second-order valence-corrected chi connectivity index (χ2v) is 9.35. The van der Waals surface area contributed by atoms with Gasteiger partial charge in [0.1, 0.15) is 0 Å². The van der Waals surface area contributed by atoms with Gasteiger partial charge in [-0.05, 0) is 19.3 Å². The lowest BCUT2D eigenvalue weighted by atomic mass is 9.94. The lowest BCUT2D eigenvalue weighted by Crippen LogP contribution is -2.27. The molecular formula is C26H50O3. The Hall–Kier alpha value is -0.570. The number of carbonyl (C=O) groups is 1. The van der Waals surface area contributed by atoms with E-state index >= 15 is 0 Å². The monoisotopic (exact) mass is 410 g/mol. The van der Waals surface area contributed by atoms with Gasteiger partial charge in [0.15, 0.2) is 5.60 Å². The van der Waals surface area contributed by atoms with Crippen LogP contribution in [0.4, 0.5) is 0 Å². The Morgan fingerprint density at radius 1 is 0.655 bits per heavy atom. The molecule has 0 bridgehead atoms. The fourth-order valence-electron chi connectivity index (χ4n) is 4.54. The van der Waals surface area contributed by atoms with E-state index in [-0.39, 0.29) is 6.10 Å². The van der Waals surface area contributed by atoms with Gasteiger partial charge in [-0.1, -0.05) is 129 Å². The minimum Gasteiger partial charge on any atom is -0.479 e. The van der Waals surface area contributed by atoms with Gasteiger partial charge >= 0.3 is 5.97 Å². The van der Waals surface area contributed by atoms with Crippen molar-refractivity contribution in [3.63, 3.8) is 0 Å². The van der Waals surface area contributed by atoms with E-state index in [1.165, 1.54) is 103 Å². The summed E-state index contributed by atoms with van der Waals surface area (Å²) >= 11 is 0. The molecular weight excluding hydrogens is 360 g/mol. The molecule has 0 saturated carbocycles. The molecule has 1 fully saturated rings. The molecule has 1 heterocycles.